The van der Waals surface area contributed by atoms with E-state index >= 15 is 0 Å². The quantitative estimate of drug-likeness (QED) is 0.839. The molecule has 5 nitrogen and oxygen atoms in total. The van der Waals surface area contributed by atoms with Crippen LogP contribution in [0.15, 0.2) is 30.3 Å². The summed E-state index contributed by atoms with van der Waals surface area (Å²) in [6.07, 6.45) is 1.19. The van der Waals surface area contributed by atoms with Crippen molar-refractivity contribution in [2.24, 2.45) is 11.7 Å². The van der Waals surface area contributed by atoms with Crippen LogP contribution in [0.25, 0.3) is 0 Å². The van der Waals surface area contributed by atoms with Gasteiger partial charge in [0.15, 0.2) is 9.84 Å². The van der Waals surface area contributed by atoms with Gasteiger partial charge in [0.25, 0.3) is 0 Å². The third-order valence-electron chi connectivity index (χ3n) is 4.43. The van der Waals surface area contributed by atoms with Crippen LogP contribution in [0, 0.1) is 5.92 Å². The fraction of sp³-hybridized carbons (Fsp3) is 0.562. The van der Waals surface area contributed by atoms with Crippen molar-refractivity contribution in [3.63, 3.8) is 0 Å². The lowest BCUT2D eigenvalue weighted by Gasteiger charge is -2.32. The van der Waals surface area contributed by atoms with Gasteiger partial charge in [-0.25, -0.2) is 8.42 Å². The predicted molar refractivity (Wildman–Crippen MR) is 96.3 cm³/mol. The maximum Gasteiger partial charge on any atom is 0.227 e. The highest BCUT2D eigenvalue weighted by Gasteiger charge is 2.32. The van der Waals surface area contributed by atoms with Gasteiger partial charge in [-0.15, -0.1) is 12.4 Å². The zero-order valence-corrected chi connectivity index (χ0v) is 15.9. The van der Waals surface area contributed by atoms with Crippen molar-refractivity contribution in [3.8, 4) is 0 Å². The molecule has 0 radical (unpaired) electrons. The molecule has 0 spiro atoms. The summed E-state index contributed by atoms with van der Waals surface area (Å²) in [5.74, 6) is -0.582. The van der Waals surface area contributed by atoms with E-state index in [0.29, 0.717) is 0 Å². The van der Waals surface area contributed by atoms with Crippen molar-refractivity contribution in [2.45, 2.75) is 38.1 Å². The SMILES string of the molecule is CC(C(=O)N(C)C(C)C(C)S(C)(=O)=O)C(N)c1ccccc1.Cl. The number of carbonyl (C=O) groups is 1. The third-order valence-corrected chi connectivity index (χ3v) is 6.17. The van der Waals surface area contributed by atoms with E-state index in [1.54, 1.807) is 27.8 Å². The fourth-order valence-electron chi connectivity index (χ4n) is 2.31. The van der Waals surface area contributed by atoms with Gasteiger partial charge in [0, 0.05) is 25.4 Å². The van der Waals surface area contributed by atoms with Gasteiger partial charge in [-0.2, -0.15) is 0 Å². The van der Waals surface area contributed by atoms with Gasteiger partial charge in [0.1, 0.15) is 0 Å². The van der Waals surface area contributed by atoms with E-state index in [-0.39, 0.29) is 18.3 Å². The molecule has 7 heteroatoms. The van der Waals surface area contributed by atoms with E-state index in [1.807, 2.05) is 30.3 Å². The second-order valence-electron chi connectivity index (χ2n) is 5.95. The van der Waals surface area contributed by atoms with Gasteiger partial charge in [0.2, 0.25) is 5.91 Å². The summed E-state index contributed by atoms with van der Waals surface area (Å²) in [7, 11) is -1.58. The second kappa shape index (κ2) is 8.66. The highest BCUT2D eigenvalue weighted by molar-refractivity contribution is 7.91. The number of hydrogen-bond donors (Lipinski definition) is 1. The molecule has 132 valence electrons. The summed E-state index contributed by atoms with van der Waals surface area (Å²) in [6.45, 7) is 5.13. The largest absolute Gasteiger partial charge is 0.341 e. The summed E-state index contributed by atoms with van der Waals surface area (Å²) in [5.41, 5.74) is 7.06. The molecule has 0 aromatic heterocycles. The van der Waals surface area contributed by atoms with Gasteiger partial charge in [-0.1, -0.05) is 37.3 Å². The topological polar surface area (TPSA) is 80.5 Å². The van der Waals surface area contributed by atoms with Gasteiger partial charge in [-0.05, 0) is 19.4 Å². The van der Waals surface area contributed by atoms with Crippen LogP contribution in [0.5, 0.6) is 0 Å². The molecule has 0 heterocycles. The van der Waals surface area contributed by atoms with Gasteiger partial charge < -0.3 is 10.6 Å². The first-order chi connectivity index (χ1) is 10.1. The summed E-state index contributed by atoms with van der Waals surface area (Å²) in [5, 5.41) is -0.624. The van der Waals surface area contributed by atoms with Crippen molar-refractivity contribution < 1.29 is 13.2 Å². The fourth-order valence-corrected chi connectivity index (χ4v) is 3.21. The van der Waals surface area contributed by atoms with Crippen molar-refractivity contribution in [1.82, 2.24) is 4.90 Å². The Hall–Kier alpha value is -1.11. The second-order valence-corrected chi connectivity index (χ2v) is 8.35. The Kier molecular flexibility index (Phi) is 8.24. The minimum absolute atomic E-state index is 0. The van der Waals surface area contributed by atoms with E-state index in [1.165, 1.54) is 11.2 Å². The average Bonchev–Trinajstić information content (AvgIpc) is 2.50. The standard InChI is InChI=1S/C16H26N2O3S.ClH/c1-11(15(17)14-9-7-6-8-10-14)16(19)18(4)12(2)13(3)22(5,20)21;/h6-13,15H,17H2,1-5H3;1H. The van der Waals surface area contributed by atoms with Crippen LogP contribution >= 0.6 is 12.4 Å². The number of nitrogens with two attached hydrogens (primary N) is 1. The molecule has 4 atom stereocenters. The predicted octanol–water partition coefficient (Wildman–Crippen LogP) is 2.02. The van der Waals surface area contributed by atoms with Crippen LogP contribution < -0.4 is 5.73 Å². The Bertz CT molecular complexity index is 607. The van der Waals surface area contributed by atoms with Crippen LogP contribution in [0.1, 0.15) is 32.4 Å². The normalized spacial score (nSPS) is 16.6. The molecule has 1 aromatic carbocycles. The van der Waals surface area contributed by atoms with Crippen LogP contribution in [-0.2, 0) is 14.6 Å². The van der Waals surface area contributed by atoms with Crippen LogP contribution in [0.4, 0.5) is 0 Å². The molecular formula is C16H27ClN2O3S. The molecule has 23 heavy (non-hydrogen) atoms. The number of benzene rings is 1. The number of carbonyl (C=O) groups excluding carboxylic acids is 1. The lowest BCUT2D eigenvalue weighted by Crippen LogP contribution is -2.47. The van der Waals surface area contributed by atoms with Crippen molar-refractivity contribution >= 4 is 28.2 Å². The molecule has 0 bridgehead atoms. The number of nitrogens with zero attached hydrogens (tertiary/aromatic N) is 1. The van der Waals surface area contributed by atoms with Crippen LogP contribution in [-0.4, -0.2) is 43.8 Å². The number of halogens is 1. The lowest BCUT2D eigenvalue weighted by atomic mass is 9.94. The Labute approximate surface area is 145 Å². The first kappa shape index (κ1) is 21.9. The molecule has 4 unspecified atom stereocenters. The molecule has 0 fully saturated rings. The monoisotopic (exact) mass is 362 g/mol. The molecule has 2 N–H and O–H groups in total. The smallest absolute Gasteiger partial charge is 0.227 e. The molecule has 1 aromatic rings. The van der Waals surface area contributed by atoms with Crippen molar-refractivity contribution in [2.75, 3.05) is 13.3 Å². The molecule has 0 saturated heterocycles. The molecule has 1 amide bonds. The highest BCUT2D eigenvalue weighted by Crippen LogP contribution is 2.22. The zero-order chi connectivity index (χ0) is 17.1. The molecule has 0 aliphatic rings. The van der Waals surface area contributed by atoms with E-state index in [0.717, 1.165) is 5.56 Å². The van der Waals surface area contributed by atoms with Crippen LogP contribution in [0.3, 0.4) is 0 Å². The molecule has 0 saturated carbocycles. The average molecular weight is 363 g/mol. The maximum atomic E-state index is 12.6. The molecule has 0 aliphatic carbocycles. The third kappa shape index (κ3) is 5.48. The highest BCUT2D eigenvalue weighted by atomic mass is 35.5. The number of sulfone groups is 1. The summed E-state index contributed by atoms with van der Waals surface area (Å²) >= 11 is 0. The summed E-state index contributed by atoms with van der Waals surface area (Å²) in [4.78, 5) is 14.1. The minimum Gasteiger partial charge on any atom is -0.341 e. The van der Waals surface area contributed by atoms with E-state index in [4.69, 9.17) is 5.73 Å². The van der Waals surface area contributed by atoms with Crippen molar-refractivity contribution in [1.29, 1.82) is 0 Å². The van der Waals surface area contributed by atoms with Gasteiger partial charge in [0.05, 0.1) is 11.2 Å². The maximum absolute atomic E-state index is 12.6. The summed E-state index contributed by atoms with van der Waals surface area (Å²) < 4.78 is 23.3. The summed E-state index contributed by atoms with van der Waals surface area (Å²) in [6, 6.07) is 8.60. The number of rotatable bonds is 6. The van der Waals surface area contributed by atoms with E-state index in [2.05, 4.69) is 0 Å². The first-order valence-electron chi connectivity index (χ1n) is 7.33. The zero-order valence-electron chi connectivity index (χ0n) is 14.3. The van der Waals surface area contributed by atoms with Crippen LogP contribution in [0.2, 0.25) is 0 Å². The Balaban J connectivity index is 0.00000484. The molecule has 1 rings (SSSR count). The van der Waals surface area contributed by atoms with E-state index < -0.39 is 33.1 Å². The Morgan fingerprint density at radius 2 is 1.61 bits per heavy atom. The Morgan fingerprint density at radius 1 is 1.13 bits per heavy atom. The van der Waals surface area contributed by atoms with Gasteiger partial charge >= 0.3 is 0 Å². The molecule has 0 aliphatic heterocycles. The first-order valence-corrected chi connectivity index (χ1v) is 9.29. The van der Waals surface area contributed by atoms with Crippen molar-refractivity contribution in [3.05, 3.63) is 35.9 Å². The number of amides is 1. The van der Waals surface area contributed by atoms with Gasteiger partial charge in [-0.3, -0.25) is 4.79 Å². The number of hydrogen-bond acceptors (Lipinski definition) is 4. The minimum atomic E-state index is -3.20. The lowest BCUT2D eigenvalue weighted by molar-refractivity contribution is -0.136. The molecular weight excluding hydrogens is 336 g/mol. The Morgan fingerprint density at radius 3 is 2.04 bits per heavy atom. The van der Waals surface area contributed by atoms with E-state index in [9.17, 15) is 13.2 Å².